The smallest absolute Gasteiger partial charge is 0.140 e. The molecule has 1 aliphatic carbocycles. The Labute approximate surface area is 167 Å². The summed E-state index contributed by atoms with van der Waals surface area (Å²) in [4.78, 5) is 2.61. The monoisotopic (exact) mass is 384 g/mol. The van der Waals surface area contributed by atoms with Crippen LogP contribution in [0.15, 0.2) is 34.9 Å². The molecule has 0 spiro atoms. The summed E-state index contributed by atoms with van der Waals surface area (Å²) >= 11 is 0. The molecule has 2 heterocycles. The summed E-state index contributed by atoms with van der Waals surface area (Å²) < 4.78 is 10.8. The largest absolute Gasteiger partial charge is 0.497 e. The van der Waals surface area contributed by atoms with Crippen molar-refractivity contribution in [1.82, 2.24) is 10.1 Å². The van der Waals surface area contributed by atoms with E-state index in [4.69, 9.17) is 9.26 Å². The number of ether oxygens (including phenoxy) is 1. The number of aliphatic hydroxyl groups is 1. The summed E-state index contributed by atoms with van der Waals surface area (Å²) in [7, 11) is 1.66. The second-order valence-electron chi connectivity index (χ2n) is 8.49. The molecule has 0 amide bonds. The SMILES string of the molecule is COc1cccc(-c2cc(CC3(O)CCN(C4CCCCCC4)CC3)on2)c1. The van der Waals surface area contributed by atoms with E-state index in [1.54, 1.807) is 7.11 Å². The molecule has 1 aromatic heterocycles. The second-order valence-corrected chi connectivity index (χ2v) is 8.49. The fraction of sp³-hybridized carbons (Fsp3) is 0.609. The maximum atomic E-state index is 11.1. The molecule has 0 bridgehead atoms. The van der Waals surface area contributed by atoms with E-state index in [0.29, 0.717) is 6.42 Å². The Hall–Kier alpha value is -1.85. The molecule has 1 saturated heterocycles. The number of likely N-dealkylation sites (tertiary alicyclic amines) is 1. The first kappa shape index (κ1) is 19.5. The zero-order valence-electron chi connectivity index (χ0n) is 16.9. The third-order valence-corrected chi connectivity index (χ3v) is 6.50. The molecule has 4 rings (SSSR count). The van der Waals surface area contributed by atoms with Gasteiger partial charge in [-0.15, -0.1) is 0 Å². The van der Waals surface area contributed by atoms with E-state index in [-0.39, 0.29) is 0 Å². The maximum absolute atomic E-state index is 11.1. The van der Waals surface area contributed by atoms with Gasteiger partial charge in [-0.2, -0.15) is 0 Å². The van der Waals surface area contributed by atoms with Crippen molar-refractivity contribution < 1.29 is 14.4 Å². The van der Waals surface area contributed by atoms with Gasteiger partial charge in [0, 0.05) is 37.2 Å². The van der Waals surface area contributed by atoms with Crippen molar-refractivity contribution in [2.75, 3.05) is 20.2 Å². The first-order valence-electron chi connectivity index (χ1n) is 10.7. The number of hydrogen-bond acceptors (Lipinski definition) is 5. The van der Waals surface area contributed by atoms with Crippen LogP contribution in [0.25, 0.3) is 11.3 Å². The summed E-state index contributed by atoms with van der Waals surface area (Å²) in [6.07, 6.45) is 10.3. The quantitative estimate of drug-likeness (QED) is 0.772. The molecule has 2 fully saturated rings. The molecule has 1 saturated carbocycles. The lowest BCUT2D eigenvalue weighted by molar-refractivity contribution is -0.0356. The number of nitrogens with zero attached hydrogens (tertiary/aromatic N) is 2. The van der Waals surface area contributed by atoms with E-state index in [0.717, 1.165) is 54.7 Å². The van der Waals surface area contributed by atoms with Crippen molar-refractivity contribution >= 4 is 0 Å². The summed E-state index contributed by atoms with van der Waals surface area (Å²) in [6, 6.07) is 10.5. The van der Waals surface area contributed by atoms with Crippen LogP contribution in [0.1, 0.15) is 57.1 Å². The van der Waals surface area contributed by atoms with Gasteiger partial charge in [0.1, 0.15) is 17.2 Å². The minimum Gasteiger partial charge on any atom is -0.497 e. The van der Waals surface area contributed by atoms with Gasteiger partial charge in [0.05, 0.1) is 12.7 Å². The van der Waals surface area contributed by atoms with Crippen LogP contribution in [0, 0.1) is 0 Å². The van der Waals surface area contributed by atoms with Crippen LogP contribution in [0.4, 0.5) is 0 Å². The molecule has 2 aromatic rings. The Morgan fingerprint density at radius 3 is 2.61 bits per heavy atom. The predicted molar refractivity (Wildman–Crippen MR) is 109 cm³/mol. The second kappa shape index (κ2) is 8.66. The number of rotatable bonds is 5. The van der Waals surface area contributed by atoms with Crippen LogP contribution < -0.4 is 4.74 Å². The van der Waals surface area contributed by atoms with Gasteiger partial charge in [0.25, 0.3) is 0 Å². The average Bonchev–Trinajstić information content (AvgIpc) is 3.00. The summed E-state index contributed by atoms with van der Waals surface area (Å²) in [6.45, 7) is 1.97. The highest BCUT2D eigenvalue weighted by atomic mass is 16.5. The predicted octanol–water partition coefficient (Wildman–Crippen LogP) is 4.44. The first-order chi connectivity index (χ1) is 13.6. The highest BCUT2D eigenvalue weighted by molar-refractivity contribution is 5.60. The fourth-order valence-corrected chi connectivity index (χ4v) is 4.74. The van der Waals surface area contributed by atoms with Gasteiger partial charge in [-0.3, -0.25) is 0 Å². The van der Waals surface area contributed by atoms with Gasteiger partial charge in [-0.05, 0) is 37.8 Å². The van der Waals surface area contributed by atoms with E-state index in [9.17, 15) is 5.11 Å². The molecule has 152 valence electrons. The summed E-state index contributed by atoms with van der Waals surface area (Å²) in [5.41, 5.74) is 1.06. The Morgan fingerprint density at radius 1 is 1.14 bits per heavy atom. The van der Waals surface area contributed by atoms with Crippen molar-refractivity contribution in [1.29, 1.82) is 0 Å². The third kappa shape index (κ3) is 4.58. The van der Waals surface area contributed by atoms with Crippen LogP contribution in [0.5, 0.6) is 5.75 Å². The molecule has 5 heteroatoms. The summed E-state index contributed by atoms with van der Waals surface area (Å²) in [5.74, 6) is 1.55. The topological polar surface area (TPSA) is 58.7 Å². The first-order valence-corrected chi connectivity index (χ1v) is 10.7. The zero-order chi connectivity index (χ0) is 19.4. The standard InChI is InChI=1S/C23H32N2O3/c1-27-20-10-6-7-18(15-20)22-16-21(28-24-22)17-23(26)11-13-25(14-12-23)19-8-4-2-3-5-9-19/h6-7,10,15-16,19,26H,2-5,8-9,11-14,17H2,1H3. The maximum Gasteiger partial charge on any atom is 0.140 e. The van der Waals surface area contributed by atoms with E-state index in [1.807, 2.05) is 30.3 Å². The van der Waals surface area contributed by atoms with Crippen molar-refractivity contribution in [3.05, 3.63) is 36.1 Å². The Kier molecular flexibility index (Phi) is 6.02. The van der Waals surface area contributed by atoms with Gasteiger partial charge in [0.15, 0.2) is 0 Å². The number of benzene rings is 1. The fourth-order valence-electron chi connectivity index (χ4n) is 4.74. The minimum absolute atomic E-state index is 0.530. The normalized spacial score (nSPS) is 21.4. The third-order valence-electron chi connectivity index (χ3n) is 6.50. The lowest BCUT2D eigenvalue weighted by atomic mass is 9.86. The van der Waals surface area contributed by atoms with Gasteiger partial charge in [0.2, 0.25) is 0 Å². The van der Waals surface area contributed by atoms with Gasteiger partial charge < -0.3 is 19.3 Å². The zero-order valence-corrected chi connectivity index (χ0v) is 16.9. The van der Waals surface area contributed by atoms with Gasteiger partial charge >= 0.3 is 0 Å². The van der Waals surface area contributed by atoms with Crippen LogP contribution in [0.3, 0.4) is 0 Å². The lowest BCUT2D eigenvalue weighted by Gasteiger charge is -2.41. The number of methoxy groups -OCH3 is 1. The van der Waals surface area contributed by atoms with E-state index < -0.39 is 5.60 Å². The molecule has 0 radical (unpaired) electrons. The summed E-state index contributed by atoms with van der Waals surface area (Å²) in [5, 5.41) is 15.3. The highest BCUT2D eigenvalue weighted by Gasteiger charge is 2.35. The number of piperidine rings is 1. The van der Waals surface area contributed by atoms with Crippen molar-refractivity contribution in [2.45, 2.75) is 69.4 Å². The lowest BCUT2D eigenvalue weighted by Crippen LogP contribution is -2.49. The van der Waals surface area contributed by atoms with E-state index in [1.165, 1.54) is 38.5 Å². The van der Waals surface area contributed by atoms with Crippen molar-refractivity contribution in [3.8, 4) is 17.0 Å². The van der Waals surface area contributed by atoms with Crippen LogP contribution in [0.2, 0.25) is 0 Å². The molecule has 5 nitrogen and oxygen atoms in total. The molecular formula is C23H32N2O3. The van der Waals surface area contributed by atoms with Crippen molar-refractivity contribution in [3.63, 3.8) is 0 Å². The minimum atomic E-state index is -0.688. The Balaban J connectivity index is 1.36. The highest BCUT2D eigenvalue weighted by Crippen LogP contribution is 2.32. The van der Waals surface area contributed by atoms with E-state index in [2.05, 4.69) is 10.1 Å². The molecule has 28 heavy (non-hydrogen) atoms. The van der Waals surface area contributed by atoms with Crippen molar-refractivity contribution in [2.24, 2.45) is 0 Å². The van der Waals surface area contributed by atoms with Crippen LogP contribution >= 0.6 is 0 Å². The van der Waals surface area contributed by atoms with E-state index >= 15 is 0 Å². The van der Waals surface area contributed by atoms with Gasteiger partial charge in [-0.1, -0.05) is 43.0 Å². The van der Waals surface area contributed by atoms with Crippen LogP contribution in [-0.2, 0) is 6.42 Å². The molecule has 0 atom stereocenters. The van der Waals surface area contributed by atoms with Gasteiger partial charge in [-0.25, -0.2) is 0 Å². The number of hydrogen-bond donors (Lipinski definition) is 1. The van der Waals surface area contributed by atoms with Crippen LogP contribution in [-0.4, -0.2) is 47.0 Å². The molecule has 2 aliphatic rings. The number of aromatic nitrogens is 1. The Bertz CT molecular complexity index is 757. The average molecular weight is 385 g/mol. The molecule has 1 aliphatic heterocycles. The molecule has 1 aromatic carbocycles. The molecular weight excluding hydrogens is 352 g/mol. The molecule has 1 N–H and O–H groups in total. The molecule has 0 unspecified atom stereocenters. The Morgan fingerprint density at radius 2 is 1.89 bits per heavy atom.